The Morgan fingerprint density at radius 3 is 1.11 bits per heavy atom. The molecule has 0 atom stereocenters. The van der Waals surface area contributed by atoms with Crippen LogP contribution < -0.4 is 43.2 Å². The molecule has 6 aromatic carbocycles. The van der Waals surface area contributed by atoms with Crippen LogP contribution in [0.3, 0.4) is 0 Å². The first-order chi connectivity index (χ1) is 36.3. The Morgan fingerprint density at radius 2 is 0.842 bits per heavy atom. The molecule has 0 radical (unpaired) electrons. The number of carboxylic acids is 1. The van der Waals surface area contributed by atoms with E-state index in [1.807, 2.05) is 97.1 Å². The van der Waals surface area contributed by atoms with Gasteiger partial charge < -0.3 is 53.2 Å². The number of benzene rings is 6. The number of carboxylic acid groups (broad SMARTS) is 1. The van der Waals surface area contributed by atoms with E-state index in [0.717, 1.165) is 51.2 Å². The van der Waals surface area contributed by atoms with Gasteiger partial charge in [0.2, 0.25) is 0 Å². The van der Waals surface area contributed by atoms with Gasteiger partial charge in [-0.15, -0.1) is 12.4 Å². The minimum atomic E-state index is -1.19. The van der Waals surface area contributed by atoms with Crippen molar-refractivity contribution in [2.24, 2.45) is 21.8 Å². The monoisotopic (exact) mass is 1100 g/mol. The van der Waals surface area contributed by atoms with Crippen molar-refractivity contribution in [2.75, 3.05) is 68.7 Å². The summed E-state index contributed by atoms with van der Waals surface area (Å²) in [4.78, 5) is 34.6. The van der Waals surface area contributed by atoms with Crippen LogP contribution in [0.1, 0.15) is 47.2 Å². The molecule has 18 heteroatoms. The largest absolute Gasteiger partial charge is 0.497 e. The van der Waals surface area contributed by atoms with Crippen LogP contribution >= 0.6 is 35.6 Å². The number of nitrogens with one attached hydrogen (secondary N) is 1. The van der Waals surface area contributed by atoms with Crippen molar-refractivity contribution in [1.29, 1.82) is 0 Å². The fraction of sp³-hybridized carbons (Fsp3) is 0.310. The van der Waals surface area contributed by atoms with Gasteiger partial charge in [-0.25, -0.2) is 4.79 Å². The average molecular weight is 1100 g/mol. The minimum Gasteiger partial charge on any atom is -0.497 e. The lowest BCUT2D eigenvalue weighted by atomic mass is 10.00. The van der Waals surface area contributed by atoms with Crippen molar-refractivity contribution < 1.29 is 52.6 Å². The fourth-order valence-electron chi connectivity index (χ4n) is 7.57. The highest BCUT2D eigenvalue weighted by Crippen LogP contribution is 2.41. The number of amides is 1. The van der Waals surface area contributed by atoms with Gasteiger partial charge in [-0.1, -0.05) is 85.6 Å². The summed E-state index contributed by atoms with van der Waals surface area (Å²) < 4.78 is 45.1. The number of carbonyl (C=O) groups excluding carboxylic acids is 1. The number of carbonyl (C=O) groups is 2. The van der Waals surface area contributed by atoms with Crippen molar-refractivity contribution in [1.82, 2.24) is 10.2 Å². The molecule has 15 nitrogen and oxygen atoms in total. The van der Waals surface area contributed by atoms with E-state index in [9.17, 15) is 14.7 Å². The topological polar surface area (TPSA) is 168 Å². The molecule has 2 saturated heterocycles. The molecule has 0 unspecified atom stereocenters. The molecule has 6 aromatic rings. The Morgan fingerprint density at radius 1 is 0.526 bits per heavy atom. The predicted octanol–water partition coefficient (Wildman–Crippen LogP) is 11.1. The number of ether oxygens (including phenoxy) is 8. The fourth-order valence-corrected chi connectivity index (χ4v) is 8.17. The lowest BCUT2D eigenvalue weighted by Crippen LogP contribution is -2.51. The van der Waals surface area contributed by atoms with E-state index in [1.54, 1.807) is 64.7 Å². The zero-order valence-electron chi connectivity index (χ0n) is 43.9. The van der Waals surface area contributed by atoms with Crippen LogP contribution in [0.2, 0.25) is 10.0 Å². The van der Waals surface area contributed by atoms with E-state index in [4.69, 9.17) is 61.1 Å². The third-order valence-electron chi connectivity index (χ3n) is 12.0. The van der Waals surface area contributed by atoms with Crippen LogP contribution in [0, 0.1) is 11.8 Å². The van der Waals surface area contributed by atoms with Gasteiger partial charge in [-0.05, 0) is 120 Å². The standard InChI is InChI=1S/C29H31ClN2O5.C25H24ClNO6.C4H9N.ClH/c1-19-15-32(16-19)29(33)27(31-2)24-13-14-25(36-17-20-5-9-22(34-3)10-6-20)28(26(24)30)37-18-21-7-11-23(35-4)12-8-21;1-27-23(25(28)29)20-12-13-21(32-14-16-4-8-18(30-2)9-5-16)24(22(20)26)33-15-17-6-10-19(31-3)11-7-17;1-4-2-5-3-4;/h5-14,19H,15-18H2,1-4H3;4-13H,14-15H2,1-3H3,(H,28,29);4-5H,2-3H2,1H3;1H. The molecule has 2 fully saturated rings. The normalized spacial score (nSPS) is 13.2. The molecule has 1 amide bonds. The van der Waals surface area contributed by atoms with Gasteiger partial charge in [0.05, 0.1) is 38.5 Å². The first-order valence-electron chi connectivity index (χ1n) is 24.1. The maximum Gasteiger partial charge on any atom is 0.354 e. The Hall–Kier alpha value is -7.17. The van der Waals surface area contributed by atoms with Gasteiger partial charge in [0.1, 0.15) is 55.1 Å². The molecule has 404 valence electrons. The molecule has 2 heterocycles. The Bertz CT molecular complexity index is 2880. The van der Waals surface area contributed by atoms with Gasteiger partial charge in [-0.2, -0.15) is 0 Å². The smallest absolute Gasteiger partial charge is 0.354 e. The molecule has 0 bridgehead atoms. The molecule has 0 aliphatic carbocycles. The lowest BCUT2D eigenvalue weighted by molar-refractivity contribution is -0.130. The predicted molar refractivity (Wildman–Crippen MR) is 300 cm³/mol. The second kappa shape index (κ2) is 29.8. The van der Waals surface area contributed by atoms with E-state index < -0.39 is 5.97 Å². The summed E-state index contributed by atoms with van der Waals surface area (Å²) in [5, 5.41) is 13.0. The number of hydrogen-bond acceptors (Lipinski definition) is 13. The van der Waals surface area contributed by atoms with Crippen molar-refractivity contribution in [2.45, 2.75) is 40.3 Å². The van der Waals surface area contributed by atoms with Crippen LogP contribution in [-0.2, 0) is 36.0 Å². The molecule has 8 rings (SSSR count). The summed E-state index contributed by atoms with van der Waals surface area (Å²) in [6.45, 7) is 9.25. The molecule has 0 spiro atoms. The average Bonchev–Trinajstić information content (AvgIpc) is 3.42. The van der Waals surface area contributed by atoms with E-state index in [0.29, 0.717) is 54.1 Å². The summed E-state index contributed by atoms with van der Waals surface area (Å²) in [5.74, 6) is 4.56. The van der Waals surface area contributed by atoms with E-state index in [1.165, 1.54) is 20.1 Å². The molecule has 2 N–H and O–H groups in total. The molecule has 0 aromatic heterocycles. The highest BCUT2D eigenvalue weighted by molar-refractivity contribution is 6.49. The summed E-state index contributed by atoms with van der Waals surface area (Å²) in [6.07, 6.45) is 0. The van der Waals surface area contributed by atoms with Crippen molar-refractivity contribution in [3.63, 3.8) is 0 Å². The number of aliphatic carboxylic acids is 1. The van der Waals surface area contributed by atoms with Crippen molar-refractivity contribution in [3.05, 3.63) is 165 Å². The van der Waals surface area contributed by atoms with E-state index in [2.05, 4.69) is 29.1 Å². The second-order valence-corrected chi connectivity index (χ2v) is 18.3. The van der Waals surface area contributed by atoms with Crippen molar-refractivity contribution in [3.8, 4) is 46.0 Å². The number of nitrogens with zero attached hydrogens (tertiary/aromatic N) is 3. The highest BCUT2D eigenvalue weighted by Gasteiger charge is 2.32. The van der Waals surface area contributed by atoms with Gasteiger partial charge in [0.25, 0.3) is 5.91 Å². The summed E-state index contributed by atoms with van der Waals surface area (Å²) >= 11 is 13.4. The maximum absolute atomic E-state index is 13.1. The number of rotatable bonds is 20. The van der Waals surface area contributed by atoms with Crippen LogP contribution in [0.4, 0.5) is 0 Å². The van der Waals surface area contributed by atoms with E-state index >= 15 is 0 Å². The number of aliphatic imine (C=N–C) groups is 2. The zero-order chi connectivity index (χ0) is 53.9. The number of halogens is 3. The first kappa shape index (κ1) is 59.7. The zero-order valence-corrected chi connectivity index (χ0v) is 46.2. The van der Waals surface area contributed by atoms with Gasteiger partial charge in [0, 0.05) is 38.3 Å². The Labute approximate surface area is 461 Å². The van der Waals surface area contributed by atoms with Gasteiger partial charge >= 0.3 is 5.97 Å². The second-order valence-electron chi connectivity index (χ2n) is 17.6. The SMILES string of the molecule is CC1CNC1.CN=C(C(=O)N1CC(C)C1)c1ccc(OCc2ccc(OC)cc2)c(OCc2ccc(OC)cc2)c1Cl.CN=C(C(=O)O)c1ccc(OCc2ccc(OC)cc2)c(OCc2ccc(OC)cc2)c1Cl.Cl. The van der Waals surface area contributed by atoms with Crippen molar-refractivity contribution >= 4 is 58.9 Å². The van der Waals surface area contributed by atoms with Crippen LogP contribution in [0.5, 0.6) is 46.0 Å². The quantitative estimate of drug-likeness (QED) is 0.0695. The Balaban J connectivity index is 0.000000255. The van der Waals surface area contributed by atoms with Crippen LogP contribution in [-0.4, -0.2) is 102 Å². The molecule has 0 saturated carbocycles. The Kier molecular flexibility index (Phi) is 23.4. The lowest BCUT2D eigenvalue weighted by Gasteiger charge is -2.37. The highest BCUT2D eigenvalue weighted by atomic mass is 35.5. The number of methoxy groups -OCH3 is 4. The first-order valence-corrected chi connectivity index (χ1v) is 24.9. The summed E-state index contributed by atoms with van der Waals surface area (Å²) in [6, 6.07) is 36.7. The van der Waals surface area contributed by atoms with Gasteiger partial charge in [0.15, 0.2) is 28.7 Å². The molecule has 2 aliphatic heterocycles. The third-order valence-corrected chi connectivity index (χ3v) is 12.8. The maximum atomic E-state index is 13.1. The number of hydrogen-bond donors (Lipinski definition) is 2. The van der Waals surface area contributed by atoms with E-state index in [-0.39, 0.29) is 65.2 Å². The summed E-state index contributed by atoms with van der Waals surface area (Å²) in [7, 11) is 9.44. The molecule has 76 heavy (non-hydrogen) atoms. The summed E-state index contributed by atoms with van der Waals surface area (Å²) in [5.41, 5.74) is 4.56. The number of likely N-dealkylation sites (tertiary alicyclic amines) is 1. The van der Waals surface area contributed by atoms with Crippen LogP contribution in [0.25, 0.3) is 0 Å². The molecular formula is C58H65Cl3N4O11. The van der Waals surface area contributed by atoms with Gasteiger partial charge in [-0.3, -0.25) is 14.8 Å². The molecular weight excluding hydrogens is 1040 g/mol. The van der Waals surface area contributed by atoms with Crippen LogP contribution in [0.15, 0.2) is 131 Å². The molecule has 2 aliphatic rings. The third kappa shape index (κ3) is 16.4. The minimum absolute atomic E-state index is 0.